The lowest BCUT2D eigenvalue weighted by molar-refractivity contribution is 0.323. The smallest absolute Gasteiger partial charge is 0.0910 e. The molecule has 1 aliphatic carbocycles. The minimum atomic E-state index is 0.579. The van der Waals surface area contributed by atoms with E-state index in [0.29, 0.717) is 24.0 Å². The van der Waals surface area contributed by atoms with Gasteiger partial charge in [0.1, 0.15) is 0 Å². The van der Waals surface area contributed by atoms with Crippen LogP contribution in [0.4, 0.5) is 0 Å². The average molecular weight is 152 g/mol. The third kappa shape index (κ3) is 1.12. The fourth-order valence-electron chi connectivity index (χ4n) is 2.07. The Bertz CT molecular complexity index is 156. The largest absolute Gasteiger partial charge is 0.368 e. The maximum atomic E-state index is 5.62. The fraction of sp³-hybridized carbons (Fsp3) is 0.800. The highest BCUT2D eigenvalue weighted by atomic mass is 16.6. The van der Waals surface area contributed by atoms with Crippen molar-refractivity contribution >= 4 is 0 Å². The van der Waals surface area contributed by atoms with Crippen molar-refractivity contribution in [2.45, 2.75) is 38.9 Å². The monoisotopic (exact) mass is 152 g/mol. The van der Waals surface area contributed by atoms with E-state index in [1.54, 1.807) is 0 Å². The van der Waals surface area contributed by atoms with Crippen molar-refractivity contribution in [2.75, 3.05) is 0 Å². The van der Waals surface area contributed by atoms with E-state index in [1.165, 1.54) is 12.8 Å². The Kier molecular flexibility index (Phi) is 1.76. The van der Waals surface area contributed by atoms with Gasteiger partial charge in [0, 0.05) is 11.8 Å². The van der Waals surface area contributed by atoms with Gasteiger partial charge in [0.05, 0.1) is 12.2 Å². The zero-order chi connectivity index (χ0) is 7.84. The first-order valence-electron chi connectivity index (χ1n) is 4.70. The van der Waals surface area contributed by atoms with Crippen LogP contribution in [-0.4, -0.2) is 12.2 Å². The highest BCUT2D eigenvalue weighted by Crippen LogP contribution is 2.42. The van der Waals surface area contributed by atoms with E-state index < -0.39 is 0 Å². The van der Waals surface area contributed by atoms with E-state index in [4.69, 9.17) is 4.74 Å². The van der Waals surface area contributed by atoms with Crippen molar-refractivity contribution in [3.63, 3.8) is 0 Å². The molecule has 0 amide bonds. The Morgan fingerprint density at radius 1 is 1.00 bits per heavy atom. The molecule has 0 saturated carbocycles. The molecule has 62 valence electrons. The molecule has 0 bridgehead atoms. The average Bonchev–Trinajstić information content (AvgIpc) is 2.81. The summed E-state index contributed by atoms with van der Waals surface area (Å²) in [5.74, 6) is 1.42. The van der Waals surface area contributed by atoms with Gasteiger partial charge in [0.2, 0.25) is 0 Å². The number of ether oxygens (including phenoxy) is 1. The minimum Gasteiger partial charge on any atom is -0.368 e. The lowest BCUT2D eigenvalue weighted by Gasteiger charge is -2.15. The Hall–Kier alpha value is -0.300. The summed E-state index contributed by atoms with van der Waals surface area (Å²) in [4.78, 5) is 0. The van der Waals surface area contributed by atoms with Gasteiger partial charge in [0.25, 0.3) is 0 Å². The summed E-state index contributed by atoms with van der Waals surface area (Å²) in [5, 5.41) is 0. The Balaban J connectivity index is 2.04. The summed E-state index contributed by atoms with van der Waals surface area (Å²) in [6.45, 7) is 4.47. The maximum Gasteiger partial charge on any atom is 0.0910 e. The second-order valence-corrected chi connectivity index (χ2v) is 3.59. The van der Waals surface area contributed by atoms with Crippen molar-refractivity contribution in [1.82, 2.24) is 0 Å². The Morgan fingerprint density at radius 2 is 1.45 bits per heavy atom. The van der Waals surface area contributed by atoms with Crippen LogP contribution >= 0.6 is 0 Å². The third-order valence-corrected chi connectivity index (χ3v) is 2.95. The van der Waals surface area contributed by atoms with Crippen LogP contribution < -0.4 is 0 Å². The third-order valence-electron chi connectivity index (χ3n) is 2.95. The first kappa shape index (κ1) is 7.35. The molecule has 0 spiro atoms. The highest BCUT2D eigenvalue weighted by Gasteiger charge is 2.48. The van der Waals surface area contributed by atoms with Crippen LogP contribution in [0.2, 0.25) is 0 Å². The molecular formula is C10H16O. The predicted molar refractivity (Wildman–Crippen MR) is 45.4 cm³/mol. The van der Waals surface area contributed by atoms with Gasteiger partial charge in [-0.1, -0.05) is 26.0 Å². The number of hydrogen-bond donors (Lipinski definition) is 0. The van der Waals surface area contributed by atoms with E-state index in [-0.39, 0.29) is 0 Å². The fourth-order valence-corrected chi connectivity index (χ4v) is 2.07. The summed E-state index contributed by atoms with van der Waals surface area (Å²) in [5.41, 5.74) is 0. The lowest BCUT2D eigenvalue weighted by atomic mass is 9.86. The number of hydrogen-bond acceptors (Lipinski definition) is 1. The molecule has 2 rings (SSSR count). The second kappa shape index (κ2) is 2.63. The van der Waals surface area contributed by atoms with Crippen molar-refractivity contribution < 1.29 is 4.74 Å². The van der Waals surface area contributed by atoms with Crippen molar-refractivity contribution in [3.05, 3.63) is 12.2 Å². The molecule has 4 atom stereocenters. The first-order chi connectivity index (χ1) is 5.36. The van der Waals surface area contributed by atoms with Crippen LogP contribution in [0.3, 0.4) is 0 Å². The van der Waals surface area contributed by atoms with Crippen molar-refractivity contribution in [1.29, 1.82) is 0 Å². The van der Waals surface area contributed by atoms with Crippen LogP contribution in [0.5, 0.6) is 0 Å². The summed E-state index contributed by atoms with van der Waals surface area (Å²) in [6.07, 6.45) is 8.32. The van der Waals surface area contributed by atoms with Crippen LogP contribution in [0, 0.1) is 11.8 Å². The Morgan fingerprint density at radius 3 is 1.82 bits per heavy atom. The van der Waals surface area contributed by atoms with Crippen molar-refractivity contribution in [2.24, 2.45) is 11.8 Å². The molecule has 0 N–H and O–H groups in total. The summed E-state index contributed by atoms with van der Waals surface area (Å²) in [7, 11) is 0. The zero-order valence-electron chi connectivity index (χ0n) is 7.29. The highest BCUT2D eigenvalue weighted by molar-refractivity contribution is 5.12. The van der Waals surface area contributed by atoms with Gasteiger partial charge >= 0.3 is 0 Å². The quantitative estimate of drug-likeness (QED) is 0.437. The van der Waals surface area contributed by atoms with Crippen LogP contribution in [0.25, 0.3) is 0 Å². The van der Waals surface area contributed by atoms with E-state index in [2.05, 4.69) is 26.0 Å². The summed E-state index contributed by atoms with van der Waals surface area (Å²) >= 11 is 0. The van der Waals surface area contributed by atoms with E-state index in [1.807, 2.05) is 0 Å². The topological polar surface area (TPSA) is 12.5 Å². The number of fused-ring (bicyclic) bond motifs is 1. The molecule has 0 radical (unpaired) electrons. The molecule has 1 heteroatoms. The molecule has 0 aromatic carbocycles. The molecule has 1 aliphatic heterocycles. The lowest BCUT2D eigenvalue weighted by Crippen LogP contribution is -2.17. The number of epoxide rings is 1. The molecule has 1 saturated heterocycles. The molecule has 1 heterocycles. The zero-order valence-corrected chi connectivity index (χ0v) is 7.29. The molecule has 2 aliphatic rings. The van der Waals surface area contributed by atoms with E-state index in [0.717, 1.165) is 0 Å². The normalized spacial score (nSPS) is 47.1. The minimum absolute atomic E-state index is 0.579. The standard InChI is InChI=1S/C10H16O/c1-3-7-5-6-8(4-2)10-9(7)11-10/h5-10H,3-4H2,1-2H3. The van der Waals surface area contributed by atoms with Gasteiger partial charge in [-0.3, -0.25) is 0 Å². The molecular weight excluding hydrogens is 136 g/mol. The molecule has 0 aromatic heterocycles. The van der Waals surface area contributed by atoms with Gasteiger partial charge in [-0.05, 0) is 12.8 Å². The molecule has 11 heavy (non-hydrogen) atoms. The van der Waals surface area contributed by atoms with Gasteiger partial charge < -0.3 is 4.74 Å². The van der Waals surface area contributed by atoms with Gasteiger partial charge in [0.15, 0.2) is 0 Å². The van der Waals surface area contributed by atoms with Crippen LogP contribution in [0.15, 0.2) is 12.2 Å². The van der Waals surface area contributed by atoms with E-state index >= 15 is 0 Å². The van der Waals surface area contributed by atoms with Crippen molar-refractivity contribution in [3.8, 4) is 0 Å². The molecule has 1 fully saturated rings. The molecule has 0 aromatic rings. The maximum absolute atomic E-state index is 5.62. The summed E-state index contributed by atoms with van der Waals surface area (Å²) < 4.78 is 5.62. The van der Waals surface area contributed by atoms with Gasteiger partial charge in [-0.15, -0.1) is 0 Å². The molecule has 4 unspecified atom stereocenters. The SMILES string of the molecule is CCC1C=CC(CC)C2OC12. The van der Waals surface area contributed by atoms with E-state index in [9.17, 15) is 0 Å². The Labute approximate surface area is 68.4 Å². The first-order valence-corrected chi connectivity index (χ1v) is 4.70. The number of rotatable bonds is 2. The van der Waals surface area contributed by atoms with Crippen LogP contribution in [0.1, 0.15) is 26.7 Å². The second-order valence-electron chi connectivity index (χ2n) is 3.59. The predicted octanol–water partition coefficient (Wildman–Crippen LogP) is 2.38. The molecule has 1 nitrogen and oxygen atoms in total. The van der Waals surface area contributed by atoms with Gasteiger partial charge in [-0.2, -0.15) is 0 Å². The van der Waals surface area contributed by atoms with Gasteiger partial charge in [-0.25, -0.2) is 0 Å². The summed E-state index contributed by atoms with van der Waals surface area (Å²) in [6, 6.07) is 0. The van der Waals surface area contributed by atoms with Crippen LogP contribution in [-0.2, 0) is 4.74 Å².